The van der Waals surface area contributed by atoms with Crippen molar-refractivity contribution in [3.05, 3.63) is 131 Å². The molecule has 5 fully saturated rings. The van der Waals surface area contributed by atoms with E-state index < -0.39 is 24.3 Å². The molecule has 4 amide bonds. The highest BCUT2D eigenvalue weighted by molar-refractivity contribution is 5.88. The van der Waals surface area contributed by atoms with E-state index in [1.165, 1.54) is 19.8 Å². The minimum Gasteiger partial charge on any atom is -0.453 e. The summed E-state index contributed by atoms with van der Waals surface area (Å²) in [6, 6.07) is 25.7. The highest BCUT2D eigenvalue weighted by Gasteiger charge is 2.50. The van der Waals surface area contributed by atoms with Gasteiger partial charge in [-0.2, -0.15) is 0 Å². The fourth-order valence-electron chi connectivity index (χ4n) is 12.6. The maximum absolute atomic E-state index is 14.6. The molecule has 0 spiro atoms. The van der Waals surface area contributed by atoms with Crippen LogP contribution in [-0.2, 0) is 19.1 Å². The van der Waals surface area contributed by atoms with Crippen LogP contribution in [0.4, 0.5) is 9.59 Å². The van der Waals surface area contributed by atoms with Crippen molar-refractivity contribution >= 4 is 24.0 Å². The summed E-state index contributed by atoms with van der Waals surface area (Å²) in [5.74, 6) is 2.92. The Bertz CT molecular complexity index is 2540. The number of aromatic nitrogens is 4. The number of rotatable bonds is 11. The quantitative estimate of drug-likeness (QED) is 0.101. The molecule has 3 aromatic carbocycles. The van der Waals surface area contributed by atoms with Crippen molar-refractivity contribution in [3.63, 3.8) is 0 Å². The Kier molecular flexibility index (Phi) is 13.4. The highest BCUT2D eigenvalue weighted by atomic mass is 16.5. The minimum absolute atomic E-state index is 0.0827. The normalized spacial score (nSPS) is 26.5. The third-order valence-corrected chi connectivity index (χ3v) is 16.0. The number of alkyl carbamates (subject to hydrolysis) is 2. The van der Waals surface area contributed by atoms with Gasteiger partial charge in [0.25, 0.3) is 11.8 Å². The maximum Gasteiger partial charge on any atom is 0.407 e. The van der Waals surface area contributed by atoms with Gasteiger partial charge in [0.15, 0.2) is 0 Å². The van der Waals surface area contributed by atoms with E-state index in [1.54, 1.807) is 0 Å². The summed E-state index contributed by atoms with van der Waals surface area (Å²) in [4.78, 5) is 75.6. The number of fused-ring (bicyclic) bond motifs is 2. The fraction of sp³-hybridized carbons (Fsp3) is 0.481. The summed E-state index contributed by atoms with van der Waals surface area (Å²) in [5.41, 5.74) is 5.87. The first-order valence-corrected chi connectivity index (χ1v) is 24.9. The molecule has 0 unspecified atom stereocenters. The predicted molar refractivity (Wildman–Crippen MR) is 256 cm³/mol. The van der Waals surface area contributed by atoms with Crippen LogP contribution in [0.1, 0.15) is 160 Å². The number of hydrogen-bond donors (Lipinski definition) is 4. The van der Waals surface area contributed by atoms with Gasteiger partial charge in [-0.1, -0.05) is 111 Å². The van der Waals surface area contributed by atoms with E-state index in [1.807, 2.05) is 82.9 Å². The Labute approximate surface area is 398 Å². The average Bonchev–Trinajstić information content (AvgIpc) is 4.23. The molecule has 5 aliphatic rings. The van der Waals surface area contributed by atoms with Crippen LogP contribution in [0.2, 0.25) is 0 Å². The van der Waals surface area contributed by atoms with Crippen LogP contribution in [0.5, 0.6) is 0 Å². The molecular formula is C54H64N8O6. The van der Waals surface area contributed by atoms with Gasteiger partial charge in [-0.15, -0.1) is 0 Å². The van der Waals surface area contributed by atoms with Crippen molar-refractivity contribution in [2.24, 2.45) is 11.8 Å². The van der Waals surface area contributed by atoms with Crippen LogP contribution in [0.25, 0.3) is 11.3 Å². The largest absolute Gasteiger partial charge is 0.453 e. The van der Waals surface area contributed by atoms with E-state index in [4.69, 9.17) is 19.4 Å². The SMILES string of the molecule is COC(=O)N[C@@H](C(=O)N1[C@@H]2CCCC[C@@H]2C[C@H]1c1ncc(-c2ccc(C3CCC(c4cnc([C@@H]5C[C@H]6CCCC[C@H]6N5C(=O)[C@H](NC(=O)OC)c5ccccc5)[nH]4)CC3)cc2)[nH]1)c1ccccc1. The third kappa shape index (κ3) is 9.13. The maximum atomic E-state index is 14.6. The standard InChI is InChI=1S/C54H64N8O6/c1-67-53(65)59-47(37-13-5-3-6-14-37)51(63)61-43-19-11-9-17-39(43)29-45(61)49-55-31-41(57-49)35-25-21-33(22-26-35)34-23-27-36(28-24-34)42-32-56-50(58-42)46-30-40-18-10-12-20-44(40)62(46)52(64)48(60-54(66)68-2)38-15-7-4-8-16-38/h3-8,13-16,21-22,25-26,31-32,34,36,39-40,43-48H,9-12,17-20,23-24,27-30H2,1-2H3,(H,55,57)(H,56,58)(H,59,65)(H,60,66)/t34?,36?,39-,40-,43-,44-,45+,46+,47-,48-/m1/s1. The molecule has 2 aromatic heterocycles. The predicted octanol–water partition coefficient (Wildman–Crippen LogP) is 10.1. The fourth-order valence-corrected chi connectivity index (χ4v) is 12.6. The number of benzene rings is 3. The number of amides is 4. The first-order chi connectivity index (χ1) is 33.3. The van der Waals surface area contributed by atoms with Crippen LogP contribution < -0.4 is 10.6 Å². The summed E-state index contributed by atoms with van der Waals surface area (Å²) in [6.45, 7) is 0. The lowest BCUT2D eigenvalue weighted by Crippen LogP contribution is -2.47. The first kappa shape index (κ1) is 45.3. The van der Waals surface area contributed by atoms with Crippen LogP contribution in [-0.4, -0.2) is 80.0 Å². The number of hydrogen-bond acceptors (Lipinski definition) is 8. The van der Waals surface area contributed by atoms with Crippen molar-refractivity contribution in [1.82, 2.24) is 40.4 Å². The number of likely N-dealkylation sites (tertiary alicyclic amines) is 2. The molecule has 14 heteroatoms. The lowest BCUT2D eigenvalue weighted by Gasteiger charge is -2.36. The molecule has 0 radical (unpaired) electrons. The van der Waals surface area contributed by atoms with Gasteiger partial charge >= 0.3 is 12.2 Å². The molecule has 3 aliphatic carbocycles. The smallest absolute Gasteiger partial charge is 0.407 e. The zero-order chi connectivity index (χ0) is 46.7. The molecule has 0 bridgehead atoms. The van der Waals surface area contributed by atoms with Gasteiger partial charge in [0.2, 0.25) is 0 Å². The molecule has 356 valence electrons. The number of aromatic amines is 2. The van der Waals surface area contributed by atoms with Crippen molar-refractivity contribution in [2.45, 2.75) is 138 Å². The van der Waals surface area contributed by atoms with Crippen molar-refractivity contribution in [2.75, 3.05) is 14.2 Å². The number of carbonyl (C=O) groups is 4. The van der Waals surface area contributed by atoms with Gasteiger partial charge in [0, 0.05) is 29.9 Å². The Balaban J connectivity index is 0.804. The van der Waals surface area contributed by atoms with E-state index in [9.17, 15) is 19.2 Å². The first-order valence-electron chi connectivity index (χ1n) is 24.9. The third-order valence-electron chi connectivity index (χ3n) is 16.0. The van der Waals surface area contributed by atoms with E-state index in [-0.39, 0.29) is 36.0 Å². The summed E-state index contributed by atoms with van der Waals surface area (Å²) >= 11 is 0. The van der Waals surface area contributed by atoms with Gasteiger partial charge in [-0.05, 0) is 104 Å². The average molecular weight is 921 g/mol. The van der Waals surface area contributed by atoms with E-state index in [2.05, 4.69) is 44.9 Å². The molecule has 2 saturated heterocycles. The number of methoxy groups -OCH3 is 2. The lowest BCUT2D eigenvalue weighted by molar-refractivity contribution is -0.138. The zero-order valence-corrected chi connectivity index (χ0v) is 39.1. The van der Waals surface area contributed by atoms with Gasteiger partial charge in [0.1, 0.15) is 23.7 Å². The van der Waals surface area contributed by atoms with Crippen molar-refractivity contribution < 1.29 is 28.7 Å². The second-order valence-electron chi connectivity index (χ2n) is 19.8. The molecule has 14 nitrogen and oxygen atoms in total. The Morgan fingerprint density at radius 1 is 0.574 bits per heavy atom. The van der Waals surface area contributed by atoms with Gasteiger partial charge < -0.3 is 39.9 Å². The Morgan fingerprint density at radius 3 is 1.56 bits per heavy atom. The molecule has 68 heavy (non-hydrogen) atoms. The van der Waals surface area contributed by atoms with Crippen molar-refractivity contribution in [3.8, 4) is 11.3 Å². The topological polar surface area (TPSA) is 175 Å². The molecule has 3 saturated carbocycles. The van der Waals surface area contributed by atoms with Crippen LogP contribution in [0.3, 0.4) is 0 Å². The summed E-state index contributed by atoms with van der Waals surface area (Å²) in [7, 11) is 2.64. The molecular weight excluding hydrogens is 857 g/mol. The molecule has 2 aliphatic heterocycles. The molecule has 4 N–H and O–H groups in total. The molecule has 4 heterocycles. The number of ether oxygens (including phenoxy) is 2. The summed E-state index contributed by atoms with van der Waals surface area (Å²) in [5, 5.41) is 5.66. The summed E-state index contributed by atoms with van der Waals surface area (Å²) < 4.78 is 9.92. The lowest BCUT2D eigenvalue weighted by atomic mass is 9.77. The number of H-pyrrole nitrogens is 2. The van der Waals surface area contributed by atoms with Gasteiger partial charge in [-0.3, -0.25) is 9.59 Å². The number of carbonyl (C=O) groups excluding carboxylic acids is 4. The van der Waals surface area contributed by atoms with Crippen molar-refractivity contribution in [1.29, 1.82) is 0 Å². The minimum atomic E-state index is -0.872. The Morgan fingerprint density at radius 2 is 1.04 bits per heavy atom. The molecule has 5 aromatic rings. The molecule has 10 rings (SSSR count). The van der Waals surface area contributed by atoms with Gasteiger partial charge in [-0.25, -0.2) is 19.6 Å². The van der Waals surface area contributed by atoms with Gasteiger partial charge in [0.05, 0.1) is 38.2 Å². The van der Waals surface area contributed by atoms with E-state index >= 15 is 0 Å². The van der Waals surface area contributed by atoms with E-state index in [0.29, 0.717) is 29.2 Å². The second-order valence-corrected chi connectivity index (χ2v) is 19.8. The zero-order valence-electron chi connectivity index (χ0n) is 39.1. The number of nitrogens with one attached hydrogen (secondary N) is 4. The second kappa shape index (κ2) is 20.0. The van der Waals surface area contributed by atoms with Crippen LogP contribution in [0, 0.1) is 11.8 Å². The summed E-state index contributed by atoms with van der Waals surface area (Å²) in [6.07, 6.45) is 17.0. The number of nitrogens with zero attached hydrogens (tertiary/aromatic N) is 4. The Hall–Kier alpha value is -6.44. The van der Waals surface area contributed by atoms with Crippen LogP contribution in [0.15, 0.2) is 97.3 Å². The number of imidazole rings is 2. The van der Waals surface area contributed by atoms with E-state index in [0.717, 1.165) is 124 Å². The monoisotopic (exact) mass is 920 g/mol. The molecule has 8 atom stereocenters. The highest BCUT2D eigenvalue weighted by Crippen LogP contribution is 2.49. The van der Waals surface area contributed by atoms with Crippen LogP contribution >= 0.6 is 0 Å².